The molecule has 0 spiro atoms. The van der Waals surface area contributed by atoms with Gasteiger partial charge < -0.3 is 9.80 Å². The minimum absolute atomic E-state index is 0.0184. The molecule has 1 atom stereocenters. The Morgan fingerprint density at radius 1 is 1.03 bits per heavy atom. The van der Waals surface area contributed by atoms with E-state index in [0.29, 0.717) is 50.6 Å². The summed E-state index contributed by atoms with van der Waals surface area (Å²) >= 11 is 6.11. The quantitative estimate of drug-likeness (QED) is 0.527. The van der Waals surface area contributed by atoms with Crippen LogP contribution in [0.25, 0.3) is 10.9 Å². The SMILES string of the molecule is O=C(C1CCCN(S(=O)(=O)c2cccc(F)c2)C1)N1CCN(c2ccnc3cc(Cl)ccc23)CC1. The van der Waals surface area contributed by atoms with Crippen LogP contribution in [0, 0.1) is 11.7 Å². The van der Waals surface area contributed by atoms with E-state index in [1.165, 1.54) is 22.5 Å². The second-order valence-electron chi connectivity index (χ2n) is 8.96. The molecule has 1 amide bonds. The zero-order chi connectivity index (χ0) is 24.6. The van der Waals surface area contributed by atoms with E-state index in [1.54, 1.807) is 6.20 Å². The number of amides is 1. The van der Waals surface area contributed by atoms with Gasteiger partial charge in [-0.15, -0.1) is 0 Å². The minimum Gasteiger partial charge on any atom is -0.367 e. The van der Waals surface area contributed by atoms with E-state index in [0.717, 1.165) is 22.7 Å². The number of hydrogen-bond donors (Lipinski definition) is 0. The van der Waals surface area contributed by atoms with Gasteiger partial charge in [0.05, 0.1) is 16.3 Å². The lowest BCUT2D eigenvalue weighted by atomic mass is 9.97. The maximum absolute atomic E-state index is 13.6. The Morgan fingerprint density at radius 2 is 1.83 bits per heavy atom. The van der Waals surface area contributed by atoms with E-state index in [2.05, 4.69) is 9.88 Å². The van der Waals surface area contributed by atoms with Crippen molar-refractivity contribution in [1.82, 2.24) is 14.2 Å². The molecule has 0 bridgehead atoms. The van der Waals surface area contributed by atoms with Gasteiger partial charge in [0.25, 0.3) is 0 Å². The van der Waals surface area contributed by atoms with E-state index in [1.807, 2.05) is 29.2 Å². The Labute approximate surface area is 209 Å². The first-order valence-corrected chi connectivity index (χ1v) is 13.5. The summed E-state index contributed by atoms with van der Waals surface area (Å²) < 4.78 is 41.0. The van der Waals surface area contributed by atoms with Crippen LogP contribution in [0.5, 0.6) is 0 Å². The molecule has 3 aromatic rings. The number of piperidine rings is 1. The van der Waals surface area contributed by atoms with Crippen LogP contribution < -0.4 is 4.90 Å². The number of nitrogens with zero attached hydrogens (tertiary/aromatic N) is 4. The molecular weight excluding hydrogens is 491 g/mol. The number of carbonyl (C=O) groups is 1. The average Bonchev–Trinajstić information content (AvgIpc) is 2.88. The van der Waals surface area contributed by atoms with Crippen LogP contribution in [0.3, 0.4) is 0 Å². The van der Waals surface area contributed by atoms with E-state index < -0.39 is 21.8 Å². The summed E-state index contributed by atoms with van der Waals surface area (Å²) in [5.41, 5.74) is 1.89. The van der Waals surface area contributed by atoms with E-state index in [9.17, 15) is 17.6 Å². The lowest BCUT2D eigenvalue weighted by molar-refractivity contribution is -0.137. The number of rotatable bonds is 4. The molecule has 0 aliphatic carbocycles. The Kier molecular flexibility index (Phi) is 6.65. The van der Waals surface area contributed by atoms with E-state index in [4.69, 9.17) is 11.6 Å². The number of anilines is 1. The molecule has 2 aromatic carbocycles. The summed E-state index contributed by atoms with van der Waals surface area (Å²) in [6.07, 6.45) is 3.00. The summed E-state index contributed by atoms with van der Waals surface area (Å²) in [6.45, 7) is 2.91. The van der Waals surface area contributed by atoms with Crippen LogP contribution in [0.1, 0.15) is 12.8 Å². The number of piperazine rings is 1. The van der Waals surface area contributed by atoms with Gasteiger partial charge in [-0.25, -0.2) is 12.8 Å². The molecule has 7 nitrogen and oxygen atoms in total. The predicted molar refractivity (Wildman–Crippen MR) is 133 cm³/mol. The third-order valence-corrected chi connectivity index (χ3v) is 8.88. The van der Waals surface area contributed by atoms with Crippen molar-refractivity contribution in [2.45, 2.75) is 17.7 Å². The number of carbonyl (C=O) groups excluding carboxylic acids is 1. The smallest absolute Gasteiger partial charge is 0.243 e. The highest BCUT2D eigenvalue weighted by Crippen LogP contribution is 2.29. The predicted octanol–water partition coefficient (Wildman–Crippen LogP) is 3.78. The van der Waals surface area contributed by atoms with Crippen molar-refractivity contribution < 1.29 is 17.6 Å². The van der Waals surface area contributed by atoms with Crippen LogP contribution in [0.15, 0.2) is 59.6 Å². The number of aromatic nitrogens is 1. The first-order chi connectivity index (χ1) is 16.8. The molecule has 35 heavy (non-hydrogen) atoms. The standard InChI is InChI=1S/C25H26ClFN4O3S/c26-19-6-7-22-23(15-19)28-9-8-24(22)29-11-13-30(14-12-29)25(32)18-3-2-10-31(17-18)35(33,34)21-5-1-4-20(27)16-21/h1,4-9,15-16,18H,2-3,10-14,17H2. The largest absolute Gasteiger partial charge is 0.367 e. The van der Waals surface area contributed by atoms with Gasteiger partial charge in [-0.1, -0.05) is 17.7 Å². The minimum atomic E-state index is -3.85. The number of pyridine rings is 1. The number of fused-ring (bicyclic) bond motifs is 1. The molecule has 3 heterocycles. The molecule has 2 aliphatic rings. The normalized spacial score (nSPS) is 19.8. The molecule has 5 rings (SSSR count). The zero-order valence-corrected chi connectivity index (χ0v) is 20.7. The van der Waals surface area contributed by atoms with Gasteiger partial charge in [0.15, 0.2) is 0 Å². The first kappa shape index (κ1) is 24.0. The van der Waals surface area contributed by atoms with Crippen molar-refractivity contribution in [2.75, 3.05) is 44.2 Å². The summed E-state index contributed by atoms with van der Waals surface area (Å²) in [4.78, 5) is 21.7. The third-order valence-electron chi connectivity index (χ3n) is 6.78. The van der Waals surface area contributed by atoms with Crippen molar-refractivity contribution in [3.05, 3.63) is 65.6 Å². The van der Waals surface area contributed by atoms with Gasteiger partial charge in [-0.3, -0.25) is 9.78 Å². The van der Waals surface area contributed by atoms with Crippen LogP contribution in [0.4, 0.5) is 10.1 Å². The van der Waals surface area contributed by atoms with E-state index >= 15 is 0 Å². The highest BCUT2D eigenvalue weighted by molar-refractivity contribution is 7.89. The highest BCUT2D eigenvalue weighted by atomic mass is 35.5. The Morgan fingerprint density at radius 3 is 2.60 bits per heavy atom. The van der Waals surface area contributed by atoms with Crippen molar-refractivity contribution in [3.63, 3.8) is 0 Å². The molecule has 2 fully saturated rings. The topological polar surface area (TPSA) is 73.8 Å². The maximum atomic E-state index is 13.6. The molecule has 1 aromatic heterocycles. The van der Waals surface area contributed by atoms with Gasteiger partial charge in [-0.2, -0.15) is 4.31 Å². The summed E-state index contributed by atoms with van der Waals surface area (Å²) in [5.74, 6) is -1.02. The number of sulfonamides is 1. The second kappa shape index (κ2) is 9.72. The molecule has 2 aliphatic heterocycles. The van der Waals surface area contributed by atoms with Crippen LogP contribution in [-0.4, -0.2) is 67.8 Å². The van der Waals surface area contributed by atoms with Gasteiger partial charge in [-0.05, 0) is 55.3 Å². The Balaban J connectivity index is 1.25. The molecular formula is C25H26ClFN4O3S. The number of benzene rings is 2. The van der Waals surface area contributed by atoms with Crippen LogP contribution >= 0.6 is 11.6 Å². The fourth-order valence-corrected chi connectivity index (χ4v) is 6.67. The molecule has 0 saturated carbocycles. The Hall–Kier alpha value is -2.75. The lowest BCUT2D eigenvalue weighted by Gasteiger charge is -2.39. The summed E-state index contributed by atoms with van der Waals surface area (Å²) in [6, 6.07) is 12.6. The summed E-state index contributed by atoms with van der Waals surface area (Å²) in [7, 11) is -3.85. The fourth-order valence-electron chi connectivity index (χ4n) is 4.95. The molecule has 0 N–H and O–H groups in total. The molecule has 184 valence electrons. The van der Waals surface area contributed by atoms with E-state index in [-0.39, 0.29) is 17.3 Å². The third kappa shape index (κ3) is 4.85. The van der Waals surface area contributed by atoms with Crippen molar-refractivity contribution in [1.29, 1.82) is 0 Å². The fraction of sp³-hybridized carbons (Fsp3) is 0.360. The van der Waals surface area contributed by atoms with Crippen molar-refractivity contribution >= 4 is 44.1 Å². The molecule has 1 unspecified atom stereocenters. The number of halogens is 2. The first-order valence-electron chi connectivity index (χ1n) is 11.7. The van der Waals surface area contributed by atoms with Crippen molar-refractivity contribution in [2.24, 2.45) is 5.92 Å². The lowest BCUT2D eigenvalue weighted by Crippen LogP contribution is -2.53. The Bertz CT molecular complexity index is 1360. The van der Waals surface area contributed by atoms with Crippen LogP contribution in [-0.2, 0) is 14.8 Å². The van der Waals surface area contributed by atoms with Gasteiger partial charge >= 0.3 is 0 Å². The van der Waals surface area contributed by atoms with Crippen molar-refractivity contribution in [3.8, 4) is 0 Å². The van der Waals surface area contributed by atoms with Crippen LogP contribution in [0.2, 0.25) is 5.02 Å². The maximum Gasteiger partial charge on any atom is 0.243 e. The zero-order valence-electron chi connectivity index (χ0n) is 19.1. The molecule has 0 radical (unpaired) electrons. The summed E-state index contributed by atoms with van der Waals surface area (Å²) in [5, 5.41) is 1.65. The number of hydrogen-bond acceptors (Lipinski definition) is 5. The highest BCUT2D eigenvalue weighted by Gasteiger charge is 2.36. The van der Waals surface area contributed by atoms with Gasteiger partial charge in [0, 0.05) is 61.6 Å². The average molecular weight is 517 g/mol. The van der Waals surface area contributed by atoms with Gasteiger partial charge in [0.2, 0.25) is 15.9 Å². The monoisotopic (exact) mass is 516 g/mol. The molecule has 2 saturated heterocycles. The van der Waals surface area contributed by atoms with Gasteiger partial charge in [0.1, 0.15) is 5.82 Å². The molecule has 10 heteroatoms. The second-order valence-corrected chi connectivity index (χ2v) is 11.3.